The monoisotopic (exact) mass is 325 g/mol. The molecule has 7 heteroatoms. The van der Waals surface area contributed by atoms with Gasteiger partial charge in [0, 0.05) is 0 Å². The normalized spacial score (nSPS) is 11.8. The van der Waals surface area contributed by atoms with Gasteiger partial charge >= 0.3 is 5.88 Å². The van der Waals surface area contributed by atoms with E-state index in [1.54, 1.807) is 0 Å². The number of rotatable bonds is 3. The molecule has 1 N–H and O–H groups in total. The van der Waals surface area contributed by atoms with Gasteiger partial charge in [0.05, 0.1) is 22.3 Å². The molecule has 0 aliphatic carbocycles. The Labute approximate surface area is 136 Å². The summed E-state index contributed by atoms with van der Waals surface area (Å²) in [5.74, 6) is -0.160. The zero-order valence-electron chi connectivity index (χ0n) is 13.2. The van der Waals surface area contributed by atoms with Crippen LogP contribution in [0.2, 0.25) is 0 Å². The Kier molecular flexibility index (Phi) is 3.69. The second-order valence-electron chi connectivity index (χ2n) is 5.49. The van der Waals surface area contributed by atoms with Crippen LogP contribution in [0.3, 0.4) is 0 Å². The van der Waals surface area contributed by atoms with Gasteiger partial charge in [0.1, 0.15) is 10.7 Å². The first kappa shape index (κ1) is 15.5. The van der Waals surface area contributed by atoms with Crippen molar-refractivity contribution in [2.45, 2.75) is 13.8 Å². The van der Waals surface area contributed by atoms with E-state index in [4.69, 9.17) is 4.42 Å². The molecule has 0 radical (unpaired) electrons. The van der Waals surface area contributed by atoms with Gasteiger partial charge < -0.3 is 4.42 Å². The van der Waals surface area contributed by atoms with E-state index >= 15 is 0 Å². The third kappa shape index (κ3) is 2.67. The van der Waals surface area contributed by atoms with Crippen molar-refractivity contribution in [1.29, 1.82) is 0 Å². The molecular formula is C17H15N3O4. The summed E-state index contributed by atoms with van der Waals surface area (Å²) in [4.78, 5) is 22.6. The minimum atomic E-state index is -0.632. The number of aromatic nitrogens is 2. The number of hydrogen-bond acceptors (Lipinski definition) is 4. The van der Waals surface area contributed by atoms with Gasteiger partial charge in [-0.3, -0.25) is 20.0 Å². The van der Waals surface area contributed by atoms with Gasteiger partial charge in [0.15, 0.2) is 0 Å². The van der Waals surface area contributed by atoms with Crippen LogP contribution in [0.1, 0.15) is 16.9 Å². The van der Waals surface area contributed by atoms with Crippen molar-refractivity contribution in [3.8, 4) is 5.69 Å². The van der Waals surface area contributed by atoms with E-state index < -0.39 is 4.92 Å². The van der Waals surface area contributed by atoms with Crippen LogP contribution in [0.5, 0.6) is 0 Å². The second-order valence-corrected chi connectivity index (χ2v) is 5.49. The highest BCUT2D eigenvalue weighted by molar-refractivity contribution is 5.46. The average molecular weight is 325 g/mol. The number of nitrogens with zero attached hydrogens (tertiary/aromatic N) is 2. The number of furan rings is 1. The minimum Gasteiger partial charge on any atom is -0.401 e. The van der Waals surface area contributed by atoms with E-state index in [9.17, 15) is 14.9 Å². The molecule has 122 valence electrons. The number of nitro groups is 1. The van der Waals surface area contributed by atoms with Gasteiger partial charge in [-0.05, 0) is 49.2 Å². The maximum Gasteiger partial charge on any atom is 0.433 e. The van der Waals surface area contributed by atoms with Crippen LogP contribution in [0.25, 0.3) is 18.3 Å². The van der Waals surface area contributed by atoms with Crippen LogP contribution in [-0.2, 0) is 0 Å². The predicted molar refractivity (Wildman–Crippen MR) is 89.6 cm³/mol. The fourth-order valence-electron chi connectivity index (χ4n) is 2.35. The number of aromatic amines is 1. The minimum absolute atomic E-state index is 0.218. The summed E-state index contributed by atoms with van der Waals surface area (Å²) in [6.07, 6.45) is 1.44. The molecule has 0 unspecified atom stereocenters. The summed E-state index contributed by atoms with van der Waals surface area (Å²) < 4.78 is 6.45. The van der Waals surface area contributed by atoms with Crippen LogP contribution in [0.15, 0.2) is 39.5 Å². The molecule has 0 spiro atoms. The largest absolute Gasteiger partial charge is 0.433 e. The molecule has 0 aliphatic rings. The van der Waals surface area contributed by atoms with E-state index in [1.165, 1.54) is 22.9 Å². The Morgan fingerprint density at radius 3 is 2.62 bits per heavy atom. The fourth-order valence-corrected chi connectivity index (χ4v) is 2.35. The smallest absolute Gasteiger partial charge is 0.401 e. The summed E-state index contributed by atoms with van der Waals surface area (Å²) in [6.45, 7) is 7.78. The number of hydrogen-bond donors (Lipinski definition) is 1. The summed E-state index contributed by atoms with van der Waals surface area (Å²) in [5.41, 5.74) is 2.58. The highest BCUT2D eigenvalue weighted by Crippen LogP contribution is 2.15. The molecule has 3 aromatic rings. The van der Waals surface area contributed by atoms with Crippen LogP contribution in [0.4, 0.5) is 5.88 Å². The lowest BCUT2D eigenvalue weighted by molar-refractivity contribution is -0.402. The van der Waals surface area contributed by atoms with Gasteiger partial charge in [-0.2, -0.15) is 0 Å². The van der Waals surface area contributed by atoms with Crippen LogP contribution in [0, 0.1) is 24.0 Å². The number of benzene rings is 1. The lowest BCUT2D eigenvalue weighted by Crippen LogP contribution is -2.33. The SMILES string of the molecule is C=c1[nH]n(-c2ccc(C)c(C)c2)c(=O)/c1=C/c1ccc([N+](=O)[O-])o1. The third-order valence-electron chi connectivity index (χ3n) is 3.83. The van der Waals surface area contributed by atoms with Gasteiger partial charge in [-0.15, -0.1) is 0 Å². The molecule has 0 amide bonds. The zero-order valence-corrected chi connectivity index (χ0v) is 13.2. The summed E-state index contributed by atoms with van der Waals surface area (Å²) in [6, 6.07) is 8.34. The molecule has 2 aromatic heterocycles. The molecule has 0 atom stereocenters. The second kappa shape index (κ2) is 5.69. The molecule has 24 heavy (non-hydrogen) atoms. The van der Waals surface area contributed by atoms with Gasteiger partial charge in [0.2, 0.25) is 0 Å². The summed E-state index contributed by atoms with van der Waals surface area (Å²) in [7, 11) is 0. The summed E-state index contributed by atoms with van der Waals surface area (Å²) >= 11 is 0. The first-order chi connectivity index (χ1) is 11.4. The maximum atomic E-state index is 12.6. The zero-order chi connectivity index (χ0) is 17.4. The Morgan fingerprint density at radius 1 is 1.25 bits per heavy atom. The third-order valence-corrected chi connectivity index (χ3v) is 3.83. The Hall–Kier alpha value is -3.35. The van der Waals surface area contributed by atoms with E-state index in [1.807, 2.05) is 32.0 Å². The van der Waals surface area contributed by atoms with Crippen molar-refractivity contribution >= 4 is 18.5 Å². The van der Waals surface area contributed by atoms with Crippen molar-refractivity contribution in [3.63, 3.8) is 0 Å². The van der Waals surface area contributed by atoms with Crippen molar-refractivity contribution in [2.24, 2.45) is 0 Å². The topological polar surface area (TPSA) is 94.1 Å². The molecule has 0 bridgehead atoms. The van der Waals surface area contributed by atoms with Crippen LogP contribution < -0.4 is 16.1 Å². The van der Waals surface area contributed by atoms with Crippen molar-refractivity contribution in [2.75, 3.05) is 0 Å². The van der Waals surface area contributed by atoms with Gasteiger partial charge in [-0.25, -0.2) is 4.68 Å². The Morgan fingerprint density at radius 2 is 2.00 bits per heavy atom. The molecule has 0 fully saturated rings. The van der Waals surface area contributed by atoms with Crippen molar-refractivity contribution in [1.82, 2.24) is 9.78 Å². The molecule has 0 aliphatic heterocycles. The van der Waals surface area contributed by atoms with Crippen LogP contribution >= 0.6 is 0 Å². The summed E-state index contributed by atoms with van der Waals surface area (Å²) in [5, 5.41) is 14.3. The molecule has 3 rings (SSSR count). The maximum absolute atomic E-state index is 12.6. The van der Waals surface area contributed by atoms with Gasteiger partial charge in [-0.1, -0.05) is 12.6 Å². The first-order valence-electron chi connectivity index (χ1n) is 7.20. The van der Waals surface area contributed by atoms with Crippen molar-refractivity contribution in [3.05, 3.63) is 78.3 Å². The van der Waals surface area contributed by atoms with E-state index in [-0.39, 0.29) is 22.4 Å². The first-order valence-corrected chi connectivity index (χ1v) is 7.20. The molecule has 2 heterocycles. The average Bonchev–Trinajstić information content (AvgIpc) is 3.11. The van der Waals surface area contributed by atoms with Crippen LogP contribution in [-0.4, -0.2) is 14.7 Å². The lowest BCUT2D eigenvalue weighted by atomic mass is 10.1. The fraction of sp³-hybridized carbons (Fsp3) is 0.118. The van der Waals surface area contributed by atoms with E-state index in [0.717, 1.165) is 11.1 Å². The molecule has 0 saturated carbocycles. The Balaban J connectivity index is 2.14. The molecule has 0 saturated heterocycles. The van der Waals surface area contributed by atoms with E-state index in [2.05, 4.69) is 11.7 Å². The lowest BCUT2D eigenvalue weighted by Gasteiger charge is -2.04. The Bertz CT molecular complexity index is 1100. The number of aryl methyl sites for hydroxylation is 2. The number of H-pyrrole nitrogens is 1. The highest BCUT2D eigenvalue weighted by atomic mass is 16.6. The quantitative estimate of drug-likeness (QED) is 0.583. The highest BCUT2D eigenvalue weighted by Gasteiger charge is 2.11. The number of nitrogens with one attached hydrogen (secondary N) is 1. The van der Waals surface area contributed by atoms with Gasteiger partial charge in [0.25, 0.3) is 5.56 Å². The van der Waals surface area contributed by atoms with E-state index in [0.29, 0.717) is 11.0 Å². The predicted octanol–water partition coefficient (Wildman–Crippen LogP) is 1.52. The standard InChI is InChI=1S/C17H15N3O4/c1-10-4-5-13(8-11(10)2)19-17(21)15(12(3)18-19)9-14-6-7-16(24-14)20(22)23/h4-9,18H,3H2,1-2H3/b15-9+. The molecule has 1 aromatic carbocycles. The van der Waals surface area contributed by atoms with Crippen molar-refractivity contribution < 1.29 is 9.34 Å². The molecular weight excluding hydrogens is 310 g/mol. The molecule has 7 nitrogen and oxygen atoms in total.